The number of amides is 1. The minimum Gasteiger partial charge on any atom is -0.340 e. The van der Waals surface area contributed by atoms with Gasteiger partial charge in [0.15, 0.2) is 4.96 Å². The van der Waals surface area contributed by atoms with Gasteiger partial charge in [-0.1, -0.05) is 0 Å². The van der Waals surface area contributed by atoms with Crippen molar-refractivity contribution in [3.05, 3.63) is 23.0 Å². The van der Waals surface area contributed by atoms with E-state index in [2.05, 4.69) is 4.98 Å². The molecule has 0 N–H and O–H groups in total. The molecule has 0 unspecified atom stereocenters. The minimum atomic E-state index is -2.56. The van der Waals surface area contributed by atoms with Crippen LogP contribution in [0.2, 0.25) is 0 Å². The van der Waals surface area contributed by atoms with E-state index in [1.807, 2.05) is 22.9 Å². The molecule has 2 aromatic heterocycles. The van der Waals surface area contributed by atoms with Gasteiger partial charge in [0.05, 0.1) is 17.9 Å². The molecule has 0 radical (unpaired) electrons. The molecule has 1 fully saturated rings. The first-order chi connectivity index (χ1) is 9.85. The molecule has 0 spiro atoms. The van der Waals surface area contributed by atoms with Crippen LogP contribution in [0.15, 0.2) is 11.6 Å². The van der Waals surface area contributed by atoms with Crippen LogP contribution in [0.4, 0.5) is 8.78 Å². The quantitative estimate of drug-likeness (QED) is 0.870. The highest BCUT2D eigenvalue weighted by Crippen LogP contribution is 2.44. The van der Waals surface area contributed by atoms with Crippen LogP contribution < -0.4 is 0 Å². The molecular weight excluding hydrogens is 296 g/mol. The van der Waals surface area contributed by atoms with Crippen molar-refractivity contribution in [3.8, 4) is 0 Å². The number of alkyl halides is 2. The second kappa shape index (κ2) is 5.05. The average Bonchev–Trinajstić information content (AvgIpc) is 2.90. The van der Waals surface area contributed by atoms with Gasteiger partial charge in [-0.2, -0.15) is 0 Å². The molecule has 3 rings (SSSR count). The van der Waals surface area contributed by atoms with Crippen LogP contribution in [-0.2, 0) is 11.3 Å². The molecule has 2 heterocycles. The molecule has 21 heavy (non-hydrogen) atoms. The first-order valence-corrected chi connectivity index (χ1v) is 7.76. The van der Waals surface area contributed by atoms with E-state index in [0.717, 1.165) is 16.3 Å². The van der Waals surface area contributed by atoms with E-state index in [4.69, 9.17) is 0 Å². The van der Waals surface area contributed by atoms with Crippen LogP contribution in [0.1, 0.15) is 30.7 Å². The molecular formula is C14H17F2N3OS. The maximum atomic E-state index is 12.8. The van der Waals surface area contributed by atoms with Gasteiger partial charge in [0.1, 0.15) is 0 Å². The number of halogens is 2. The van der Waals surface area contributed by atoms with E-state index in [1.54, 1.807) is 23.3 Å². The summed E-state index contributed by atoms with van der Waals surface area (Å²) in [6.07, 6.45) is 1.82. The van der Waals surface area contributed by atoms with Crippen molar-refractivity contribution in [2.75, 3.05) is 7.05 Å². The molecule has 1 amide bonds. The summed E-state index contributed by atoms with van der Waals surface area (Å²) in [4.78, 5) is 19.1. The fourth-order valence-electron chi connectivity index (χ4n) is 2.78. The van der Waals surface area contributed by atoms with E-state index in [9.17, 15) is 13.6 Å². The van der Waals surface area contributed by atoms with Crippen molar-refractivity contribution in [1.82, 2.24) is 14.3 Å². The topological polar surface area (TPSA) is 37.6 Å². The molecule has 4 nitrogen and oxygen atoms in total. The average molecular weight is 313 g/mol. The predicted molar refractivity (Wildman–Crippen MR) is 76.6 cm³/mol. The number of aryl methyl sites for hydroxylation is 1. The Morgan fingerprint density at radius 3 is 2.95 bits per heavy atom. The van der Waals surface area contributed by atoms with Gasteiger partial charge < -0.3 is 4.90 Å². The highest BCUT2D eigenvalue weighted by molar-refractivity contribution is 7.15. The molecule has 1 aliphatic carbocycles. The first-order valence-electron chi connectivity index (χ1n) is 6.88. The van der Waals surface area contributed by atoms with Crippen LogP contribution in [0, 0.1) is 12.8 Å². The lowest BCUT2D eigenvalue weighted by atomic mass is 9.79. The molecule has 114 valence electrons. The summed E-state index contributed by atoms with van der Waals surface area (Å²) in [6, 6.07) is 0. The Balaban J connectivity index is 1.63. The number of imidazole rings is 1. The molecule has 2 aromatic rings. The predicted octanol–water partition coefficient (Wildman–Crippen LogP) is 3.10. The number of hydrogen-bond donors (Lipinski definition) is 0. The van der Waals surface area contributed by atoms with Gasteiger partial charge in [-0.25, -0.2) is 13.8 Å². The monoisotopic (exact) mass is 313 g/mol. The number of fused-ring (bicyclic) bond motifs is 1. The van der Waals surface area contributed by atoms with Crippen molar-refractivity contribution >= 4 is 22.2 Å². The van der Waals surface area contributed by atoms with Gasteiger partial charge in [0.2, 0.25) is 11.8 Å². The number of carbonyl (C=O) groups is 1. The lowest BCUT2D eigenvalue weighted by molar-refractivity contribution is -0.141. The summed E-state index contributed by atoms with van der Waals surface area (Å²) in [7, 11) is 1.71. The summed E-state index contributed by atoms with van der Waals surface area (Å²) in [6.45, 7) is 2.37. The zero-order valence-corrected chi connectivity index (χ0v) is 12.8. The normalized spacial score (nSPS) is 17.9. The van der Waals surface area contributed by atoms with E-state index in [0.29, 0.717) is 6.54 Å². The highest BCUT2D eigenvalue weighted by atomic mass is 32.1. The van der Waals surface area contributed by atoms with Crippen molar-refractivity contribution in [3.63, 3.8) is 0 Å². The zero-order valence-electron chi connectivity index (χ0n) is 12.0. The number of aromatic nitrogens is 2. The maximum Gasteiger partial charge on any atom is 0.248 e. The number of rotatable bonds is 4. The zero-order chi connectivity index (χ0) is 15.2. The van der Waals surface area contributed by atoms with Gasteiger partial charge in [0.25, 0.3) is 0 Å². The van der Waals surface area contributed by atoms with Gasteiger partial charge in [0, 0.05) is 37.9 Å². The fourth-order valence-corrected chi connectivity index (χ4v) is 3.55. The first kappa shape index (κ1) is 14.4. The largest absolute Gasteiger partial charge is 0.340 e. The fraction of sp³-hybridized carbons (Fsp3) is 0.571. The Kier molecular flexibility index (Phi) is 3.47. The van der Waals surface area contributed by atoms with Gasteiger partial charge >= 0.3 is 0 Å². The molecule has 1 saturated carbocycles. The van der Waals surface area contributed by atoms with E-state index >= 15 is 0 Å². The van der Waals surface area contributed by atoms with Crippen LogP contribution in [-0.4, -0.2) is 33.2 Å². The van der Waals surface area contributed by atoms with E-state index in [1.165, 1.54) is 0 Å². The number of thiazole rings is 1. The smallest absolute Gasteiger partial charge is 0.248 e. The summed E-state index contributed by atoms with van der Waals surface area (Å²) < 4.78 is 27.6. The molecule has 0 saturated heterocycles. The summed E-state index contributed by atoms with van der Waals surface area (Å²) >= 11 is 1.55. The minimum absolute atomic E-state index is 0.0833. The van der Waals surface area contributed by atoms with Crippen molar-refractivity contribution < 1.29 is 13.6 Å². The van der Waals surface area contributed by atoms with Gasteiger partial charge in [-0.3, -0.25) is 9.20 Å². The van der Waals surface area contributed by atoms with Crippen LogP contribution >= 0.6 is 11.3 Å². The lowest BCUT2D eigenvalue weighted by Gasteiger charge is -2.35. The van der Waals surface area contributed by atoms with Crippen molar-refractivity contribution in [2.45, 2.75) is 38.7 Å². The molecule has 0 aromatic carbocycles. The molecule has 0 atom stereocenters. The van der Waals surface area contributed by atoms with Crippen LogP contribution in [0.3, 0.4) is 0 Å². The Labute approximate surface area is 125 Å². The second-order valence-corrected chi connectivity index (χ2v) is 6.66. The molecule has 0 bridgehead atoms. The SMILES string of the molecule is Cc1nc2sccn2c1CN(C)C(=O)CC1CC(F)(F)C1. The lowest BCUT2D eigenvalue weighted by Crippen LogP contribution is -2.39. The Morgan fingerprint density at radius 1 is 1.57 bits per heavy atom. The Hall–Kier alpha value is -1.50. The Bertz CT molecular complexity index is 671. The number of hydrogen-bond acceptors (Lipinski definition) is 3. The maximum absolute atomic E-state index is 12.8. The van der Waals surface area contributed by atoms with Crippen molar-refractivity contribution in [2.24, 2.45) is 5.92 Å². The summed E-state index contributed by atoms with van der Waals surface area (Å²) in [5.41, 5.74) is 1.87. The molecule has 7 heteroatoms. The molecule has 0 aliphatic heterocycles. The molecule has 1 aliphatic rings. The summed E-state index contributed by atoms with van der Waals surface area (Å²) in [5.74, 6) is -2.82. The summed E-state index contributed by atoms with van der Waals surface area (Å²) in [5, 5.41) is 1.95. The van der Waals surface area contributed by atoms with Gasteiger partial charge in [-0.05, 0) is 12.8 Å². The van der Waals surface area contributed by atoms with E-state index in [-0.39, 0.29) is 31.1 Å². The Morgan fingerprint density at radius 2 is 2.29 bits per heavy atom. The highest BCUT2D eigenvalue weighted by Gasteiger charge is 2.45. The second-order valence-electron chi connectivity index (χ2n) is 5.78. The number of nitrogens with zero attached hydrogens (tertiary/aromatic N) is 3. The van der Waals surface area contributed by atoms with Gasteiger partial charge in [-0.15, -0.1) is 11.3 Å². The third kappa shape index (κ3) is 2.79. The third-order valence-electron chi connectivity index (χ3n) is 4.01. The van der Waals surface area contributed by atoms with E-state index < -0.39 is 5.92 Å². The van der Waals surface area contributed by atoms with Crippen LogP contribution in [0.25, 0.3) is 4.96 Å². The number of carbonyl (C=O) groups excluding carboxylic acids is 1. The third-order valence-corrected chi connectivity index (χ3v) is 4.77. The standard InChI is InChI=1S/C14H17F2N3OS/c1-9-11(19-3-4-21-13(19)17-9)8-18(2)12(20)5-10-6-14(15,16)7-10/h3-4,10H,5-8H2,1-2H3. The van der Waals surface area contributed by atoms with Crippen molar-refractivity contribution in [1.29, 1.82) is 0 Å². The van der Waals surface area contributed by atoms with Crippen LogP contribution in [0.5, 0.6) is 0 Å².